The molecule has 0 aliphatic carbocycles. The fourth-order valence-corrected chi connectivity index (χ4v) is 4.37. The highest BCUT2D eigenvalue weighted by Crippen LogP contribution is 2.31. The van der Waals surface area contributed by atoms with E-state index in [1.54, 1.807) is 16.8 Å². The molecule has 0 spiro atoms. The molecule has 27 heavy (non-hydrogen) atoms. The molecule has 1 aliphatic heterocycles. The highest BCUT2D eigenvalue weighted by Gasteiger charge is 2.32. The van der Waals surface area contributed by atoms with E-state index in [2.05, 4.69) is 17.3 Å². The number of aromatic hydroxyl groups is 1. The van der Waals surface area contributed by atoms with Crippen molar-refractivity contribution in [2.45, 2.75) is 57.1 Å². The quantitative estimate of drug-likeness (QED) is 0.480. The predicted octanol–water partition coefficient (Wildman–Crippen LogP) is 3.27. The van der Waals surface area contributed by atoms with Crippen molar-refractivity contribution < 1.29 is 9.90 Å². The Morgan fingerprint density at radius 2 is 1.81 bits per heavy atom. The van der Waals surface area contributed by atoms with Crippen LogP contribution in [0.4, 0.5) is 0 Å². The zero-order valence-electron chi connectivity index (χ0n) is 16.0. The third-order valence-electron chi connectivity index (χ3n) is 4.58. The third-order valence-corrected chi connectivity index (χ3v) is 5.76. The Labute approximate surface area is 167 Å². The van der Waals surface area contributed by atoms with Gasteiger partial charge in [0.25, 0.3) is 5.91 Å². The summed E-state index contributed by atoms with van der Waals surface area (Å²) in [5.74, 6) is 6.43. The van der Waals surface area contributed by atoms with E-state index in [0.29, 0.717) is 30.9 Å². The molecular weight excluding hydrogens is 356 g/mol. The van der Waals surface area contributed by atoms with Crippen molar-refractivity contribution in [3.05, 3.63) is 28.8 Å². The van der Waals surface area contributed by atoms with Crippen LogP contribution in [0.5, 0.6) is 5.75 Å². The monoisotopic (exact) mass is 384 g/mol. The number of carbonyl (C=O) groups excluding carboxylic acids is 1. The number of amides is 1. The van der Waals surface area contributed by atoms with Crippen LogP contribution >= 0.6 is 11.8 Å². The number of unbranched alkanes of at least 4 members (excludes halogenated alkanes) is 2. The summed E-state index contributed by atoms with van der Waals surface area (Å²) >= 11 is 1.65. The molecule has 2 N–H and O–H groups in total. The largest absolute Gasteiger partial charge is 0.507 e. The van der Waals surface area contributed by atoms with Crippen LogP contribution in [-0.2, 0) is 24.1 Å². The third kappa shape index (κ3) is 5.96. The van der Waals surface area contributed by atoms with Crippen molar-refractivity contribution in [2.75, 3.05) is 12.4 Å². The van der Waals surface area contributed by atoms with Crippen LogP contribution in [0.3, 0.4) is 0 Å². The van der Waals surface area contributed by atoms with Crippen molar-refractivity contribution in [1.29, 1.82) is 0 Å². The molecule has 1 amide bonds. The molecule has 0 aromatic heterocycles. The minimum Gasteiger partial charge on any atom is -0.507 e. The van der Waals surface area contributed by atoms with Crippen molar-refractivity contribution in [2.24, 2.45) is 0 Å². The van der Waals surface area contributed by atoms with Gasteiger partial charge in [-0.1, -0.05) is 19.1 Å². The minimum atomic E-state index is -0.0919. The second-order valence-corrected chi connectivity index (χ2v) is 7.81. The van der Waals surface area contributed by atoms with Gasteiger partial charge in [0.2, 0.25) is 0 Å². The SMILES string of the molecule is C#CCCCc1cc(CC2SCN(NCC)C2=O)cc(CCCC#C)c1O. The first-order valence-corrected chi connectivity index (χ1v) is 10.5. The van der Waals surface area contributed by atoms with Crippen LogP contribution in [0, 0.1) is 24.7 Å². The van der Waals surface area contributed by atoms with Gasteiger partial charge >= 0.3 is 0 Å². The Morgan fingerprint density at radius 3 is 2.33 bits per heavy atom. The number of phenols is 1. The maximum Gasteiger partial charge on any atom is 0.250 e. The molecule has 144 valence electrons. The summed E-state index contributed by atoms with van der Waals surface area (Å²) < 4.78 is 0. The van der Waals surface area contributed by atoms with Gasteiger partial charge in [-0.15, -0.1) is 36.4 Å². The number of terminal acetylenes is 2. The van der Waals surface area contributed by atoms with Crippen LogP contribution in [0.25, 0.3) is 0 Å². The van der Waals surface area contributed by atoms with Crippen molar-refractivity contribution in [3.63, 3.8) is 0 Å². The Balaban J connectivity index is 2.17. The summed E-state index contributed by atoms with van der Waals surface area (Å²) in [6.07, 6.45) is 15.9. The van der Waals surface area contributed by atoms with Gasteiger partial charge in [-0.3, -0.25) is 9.80 Å². The van der Waals surface area contributed by atoms with E-state index in [1.165, 1.54) is 0 Å². The number of benzene rings is 1. The van der Waals surface area contributed by atoms with Gasteiger partial charge in [0.1, 0.15) is 5.75 Å². The van der Waals surface area contributed by atoms with Gasteiger partial charge < -0.3 is 5.11 Å². The first kappa shape index (κ1) is 21.2. The van der Waals surface area contributed by atoms with Crippen LogP contribution in [-0.4, -0.2) is 33.7 Å². The van der Waals surface area contributed by atoms with Gasteiger partial charge in [0.05, 0.1) is 11.1 Å². The second kappa shape index (κ2) is 10.9. The molecule has 1 unspecified atom stereocenters. The first-order valence-electron chi connectivity index (χ1n) is 9.47. The Hall–Kier alpha value is -2.08. The molecular formula is C22H28N2O2S. The fourth-order valence-electron chi connectivity index (χ4n) is 3.24. The highest BCUT2D eigenvalue weighted by molar-refractivity contribution is 8.01. The molecule has 1 atom stereocenters. The Kier molecular flexibility index (Phi) is 8.58. The van der Waals surface area contributed by atoms with Gasteiger partial charge in [-0.05, 0) is 48.8 Å². The number of aryl methyl sites for hydroxylation is 2. The fraction of sp³-hybridized carbons (Fsp3) is 0.500. The van der Waals surface area contributed by atoms with E-state index in [4.69, 9.17) is 12.8 Å². The van der Waals surface area contributed by atoms with Crippen LogP contribution in [0.15, 0.2) is 12.1 Å². The lowest BCUT2D eigenvalue weighted by atomic mass is 9.95. The first-order chi connectivity index (χ1) is 13.1. The van der Waals surface area contributed by atoms with Crippen molar-refractivity contribution in [1.82, 2.24) is 10.4 Å². The number of phenolic OH excluding ortho intramolecular Hbond substituents is 1. The van der Waals surface area contributed by atoms with Gasteiger partial charge in [0, 0.05) is 19.4 Å². The maximum absolute atomic E-state index is 12.5. The summed E-state index contributed by atoms with van der Waals surface area (Å²) in [5.41, 5.74) is 6.01. The smallest absolute Gasteiger partial charge is 0.250 e. The lowest BCUT2D eigenvalue weighted by Gasteiger charge is -2.16. The summed E-state index contributed by atoms with van der Waals surface area (Å²) in [6, 6.07) is 4.06. The average Bonchev–Trinajstić information content (AvgIpc) is 2.99. The molecule has 1 aromatic rings. The number of hydrazine groups is 1. The van der Waals surface area contributed by atoms with Crippen LogP contribution in [0.1, 0.15) is 49.3 Å². The van der Waals surface area contributed by atoms with Crippen molar-refractivity contribution >= 4 is 17.7 Å². The number of carbonyl (C=O) groups is 1. The normalized spacial score (nSPS) is 16.3. The molecule has 1 saturated heterocycles. The number of thioether (sulfide) groups is 1. The topological polar surface area (TPSA) is 52.6 Å². The van der Waals surface area contributed by atoms with Crippen LogP contribution < -0.4 is 5.43 Å². The molecule has 5 heteroatoms. The maximum atomic E-state index is 12.5. The predicted molar refractivity (Wildman–Crippen MR) is 112 cm³/mol. The molecule has 1 aliphatic rings. The summed E-state index contributed by atoms with van der Waals surface area (Å²) in [6.45, 7) is 2.72. The van der Waals surface area contributed by atoms with E-state index in [-0.39, 0.29) is 11.2 Å². The average molecular weight is 385 g/mol. The lowest BCUT2D eigenvalue weighted by Crippen LogP contribution is -2.41. The lowest BCUT2D eigenvalue weighted by molar-refractivity contribution is -0.131. The van der Waals surface area contributed by atoms with E-state index in [1.807, 2.05) is 19.1 Å². The molecule has 0 radical (unpaired) electrons. The van der Waals surface area contributed by atoms with E-state index in [0.717, 1.165) is 48.9 Å². The molecule has 1 heterocycles. The number of nitrogens with zero attached hydrogens (tertiary/aromatic N) is 1. The Bertz CT molecular complexity index is 692. The summed E-state index contributed by atoms with van der Waals surface area (Å²) in [5, 5.41) is 12.2. The molecule has 1 aromatic carbocycles. The molecule has 1 fully saturated rings. The minimum absolute atomic E-state index is 0.0919. The van der Waals surface area contributed by atoms with Crippen molar-refractivity contribution in [3.8, 4) is 30.4 Å². The van der Waals surface area contributed by atoms with Crippen LogP contribution in [0.2, 0.25) is 0 Å². The molecule has 4 nitrogen and oxygen atoms in total. The Morgan fingerprint density at radius 1 is 1.22 bits per heavy atom. The van der Waals surface area contributed by atoms with E-state index >= 15 is 0 Å². The van der Waals surface area contributed by atoms with Gasteiger partial charge in [-0.25, -0.2) is 5.43 Å². The number of rotatable bonds is 10. The van der Waals surface area contributed by atoms with E-state index < -0.39 is 0 Å². The highest BCUT2D eigenvalue weighted by atomic mass is 32.2. The van der Waals surface area contributed by atoms with Gasteiger partial charge in [0.15, 0.2) is 0 Å². The zero-order chi connectivity index (χ0) is 19.6. The van der Waals surface area contributed by atoms with E-state index in [9.17, 15) is 9.90 Å². The number of hydrogen-bond donors (Lipinski definition) is 2. The molecule has 0 bridgehead atoms. The number of nitrogens with one attached hydrogen (secondary N) is 1. The summed E-state index contributed by atoms with van der Waals surface area (Å²) in [7, 11) is 0. The second-order valence-electron chi connectivity index (χ2n) is 6.64. The van der Waals surface area contributed by atoms with Gasteiger partial charge in [-0.2, -0.15) is 0 Å². The standard InChI is InChI=1S/C22H28N2O2S/c1-4-7-9-11-18-13-17(14-19(21(18)25)12-10-8-5-2)15-20-22(26)24(16-27-20)23-6-3/h1-2,13-14,20,23,25H,6-12,15-16H2,3H3. The summed E-state index contributed by atoms with van der Waals surface area (Å²) in [4.78, 5) is 12.5. The number of hydrogen-bond acceptors (Lipinski definition) is 4. The zero-order valence-corrected chi connectivity index (χ0v) is 16.8. The molecule has 2 rings (SSSR count). The molecule has 0 saturated carbocycles.